The van der Waals surface area contributed by atoms with Crippen molar-refractivity contribution in [2.24, 2.45) is 0 Å². The number of amides is 1. The predicted octanol–water partition coefficient (Wildman–Crippen LogP) is 2.94. The maximum atomic E-state index is 13.2. The normalized spacial score (nSPS) is 14.5. The maximum absolute atomic E-state index is 13.2. The number of hydrogen-bond donors (Lipinski definition) is 2. The molecule has 1 aromatic rings. The van der Waals surface area contributed by atoms with E-state index in [1.807, 2.05) is 24.8 Å². The molecule has 194 valence electrons. The SMILES string of the molecule is CCCCCN(CCC(=O)N1CCNCC1)S(=O)(=O)c1ccc(C)c(C)c1.O=C(O)C(F)(F)F. The molecule has 12 heteroatoms. The van der Waals surface area contributed by atoms with Crippen LogP contribution in [0.25, 0.3) is 0 Å². The van der Waals surface area contributed by atoms with Crippen LogP contribution >= 0.6 is 0 Å². The summed E-state index contributed by atoms with van der Waals surface area (Å²) in [6.45, 7) is 9.66. The molecule has 1 aliphatic rings. The topological polar surface area (TPSA) is 107 Å². The first-order valence-corrected chi connectivity index (χ1v) is 12.6. The van der Waals surface area contributed by atoms with Crippen molar-refractivity contribution in [1.82, 2.24) is 14.5 Å². The fraction of sp³-hybridized carbons (Fsp3) is 0.636. The van der Waals surface area contributed by atoms with Gasteiger partial charge in [-0.3, -0.25) is 4.79 Å². The molecule has 34 heavy (non-hydrogen) atoms. The van der Waals surface area contributed by atoms with E-state index >= 15 is 0 Å². The molecule has 1 amide bonds. The number of nitrogens with zero attached hydrogens (tertiary/aromatic N) is 2. The number of carboxylic acid groups (broad SMARTS) is 1. The Morgan fingerprint density at radius 2 is 1.68 bits per heavy atom. The Bertz CT molecular complexity index is 917. The van der Waals surface area contributed by atoms with E-state index in [1.165, 1.54) is 4.31 Å². The van der Waals surface area contributed by atoms with Gasteiger partial charge in [-0.05, 0) is 43.5 Å². The van der Waals surface area contributed by atoms with Crippen molar-refractivity contribution in [3.63, 3.8) is 0 Å². The van der Waals surface area contributed by atoms with Crippen molar-refractivity contribution in [2.75, 3.05) is 39.3 Å². The molecule has 0 unspecified atom stereocenters. The number of carbonyl (C=O) groups excluding carboxylic acids is 1. The molecule has 0 bridgehead atoms. The summed E-state index contributed by atoms with van der Waals surface area (Å²) < 4.78 is 59.6. The first-order chi connectivity index (χ1) is 15.8. The lowest BCUT2D eigenvalue weighted by atomic mass is 10.1. The number of carbonyl (C=O) groups is 2. The van der Waals surface area contributed by atoms with E-state index in [4.69, 9.17) is 9.90 Å². The first-order valence-electron chi connectivity index (χ1n) is 11.2. The molecule has 1 fully saturated rings. The molecular formula is C22H34F3N3O5S. The minimum absolute atomic E-state index is 0.0345. The first kappa shape index (κ1) is 29.9. The number of alkyl halides is 3. The van der Waals surface area contributed by atoms with Gasteiger partial charge in [-0.2, -0.15) is 17.5 Å². The molecule has 1 heterocycles. The lowest BCUT2D eigenvalue weighted by Gasteiger charge is -2.29. The van der Waals surface area contributed by atoms with Crippen LogP contribution in [0.5, 0.6) is 0 Å². The Labute approximate surface area is 199 Å². The zero-order valence-electron chi connectivity index (χ0n) is 19.8. The summed E-state index contributed by atoms with van der Waals surface area (Å²) in [7, 11) is -3.60. The number of benzene rings is 1. The number of aryl methyl sites for hydroxylation is 2. The smallest absolute Gasteiger partial charge is 0.475 e. The van der Waals surface area contributed by atoms with E-state index in [2.05, 4.69) is 12.2 Å². The van der Waals surface area contributed by atoms with Crippen molar-refractivity contribution in [3.8, 4) is 0 Å². The average Bonchev–Trinajstić information content (AvgIpc) is 2.77. The molecule has 1 aromatic carbocycles. The summed E-state index contributed by atoms with van der Waals surface area (Å²) in [6.07, 6.45) is -2.04. The monoisotopic (exact) mass is 509 g/mol. The van der Waals surface area contributed by atoms with Gasteiger partial charge in [-0.15, -0.1) is 0 Å². The summed E-state index contributed by atoms with van der Waals surface area (Å²) in [6, 6.07) is 5.25. The van der Waals surface area contributed by atoms with Crippen LogP contribution in [-0.2, 0) is 19.6 Å². The van der Waals surface area contributed by atoms with Gasteiger partial charge in [-0.1, -0.05) is 25.8 Å². The number of aliphatic carboxylic acids is 1. The number of nitrogens with one attached hydrogen (secondary N) is 1. The van der Waals surface area contributed by atoms with E-state index in [-0.39, 0.29) is 18.9 Å². The molecule has 0 radical (unpaired) electrons. The second-order valence-corrected chi connectivity index (χ2v) is 9.98. The van der Waals surface area contributed by atoms with Gasteiger partial charge < -0.3 is 15.3 Å². The van der Waals surface area contributed by atoms with Crippen LogP contribution in [0.15, 0.2) is 23.1 Å². The van der Waals surface area contributed by atoms with Crippen LogP contribution in [0.4, 0.5) is 13.2 Å². The van der Waals surface area contributed by atoms with Gasteiger partial charge in [0.2, 0.25) is 15.9 Å². The van der Waals surface area contributed by atoms with Crippen LogP contribution in [0.3, 0.4) is 0 Å². The molecule has 2 N–H and O–H groups in total. The van der Waals surface area contributed by atoms with E-state index in [9.17, 15) is 26.4 Å². The average molecular weight is 510 g/mol. The van der Waals surface area contributed by atoms with Crippen LogP contribution in [0.2, 0.25) is 0 Å². The lowest BCUT2D eigenvalue weighted by Crippen LogP contribution is -2.47. The molecule has 8 nitrogen and oxygen atoms in total. The quantitative estimate of drug-likeness (QED) is 0.496. The summed E-state index contributed by atoms with van der Waals surface area (Å²) >= 11 is 0. The maximum Gasteiger partial charge on any atom is 0.490 e. The number of halogens is 3. The Morgan fingerprint density at radius 3 is 2.18 bits per heavy atom. The van der Waals surface area contributed by atoms with E-state index in [1.54, 1.807) is 12.1 Å². The number of sulfonamides is 1. The predicted molar refractivity (Wildman–Crippen MR) is 122 cm³/mol. The molecule has 1 aliphatic heterocycles. The van der Waals surface area contributed by atoms with Crippen LogP contribution < -0.4 is 5.32 Å². The zero-order chi connectivity index (χ0) is 25.9. The van der Waals surface area contributed by atoms with Crippen molar-refractivity contribution >= 4 is 21.9 Å². The third kappa shape index (κ3) is 9.59. The van der Waals surface area contributed by atoms with Crippen molar-refractivity contribution in [2.45, 2.75) is 57.5 Å². The van der Waals surface area contributed by atoms with Gasteiger partial charge in [0.25, 0.3) is 0 Å². The number of rotatable bonds is 9. The summed E-state index contributed by atoms with van der Waals surface area (Å²) in [4.78, 5) is 23.5. The van der Waals surface area contributed by atoms with Gasteiger partial charge in [0, 0.05) is 45.7 Å². The molecular weight excluding hydrogens is 475 g/mol. The van der Waals surface area contributed by atoms with Crippen LogP contribution in [-0.4, -0.2) is 80.1 Å². The molecule has 0 aliphatic carbocycles. The van der Waals surface area contributed by atoms with Crippen molar-refractivity contribution < 1.29 is 36.3 Å². The van der Waals surface area contributed by atoms with E-state index in [0.717, 1.165) is 43.5 Å². The van der Waals surface area contributed by atoms with Crippen LogP contribution in [0, 0.1) is 13.8 Å². The summed E-state index contributed by atoms with van der Waals surface area (Å²) in [5.74, 6) is -2.72. The Balaban J connectivity index is 0.000000718. The van der Waals surface area contributed by atoms with Gasteiger partial charge in [0.15, 0.2) is 0 Å². The molecule has 1 saturated heterocycles. The van der Waals surface area contributed by atoms with E-state index < -0.39 is 22.2 Å². The Kier molecular flexibility index (Phi) is 12.0. The van der Waals surface area contributed by atoms with E-state index in [0.29, 0.717) is 24.5 Å². The fourth-order valence-corrected chi connectivity index (χ4v) is 4.77. The molecule has 0 aromatic heterocycles. The lowest BCUT2D eigenvalue weighted by molar-refractivity contribution is -0.192. The molecule has 0 saturated carbocycles. The molecule has 2 rings (SSSR count). The highest BCUT2D eigenvalue weighted by atomic mass is 32.2. The molecule has 0 atom stereocenters. The minimum atomic E-state index is -5.08. The summed E-state index contributed by atoms with van der Waals surface area (Å²) in [5.41, 5.74) is 2.03. The van der Waals surface area contributed by atoms with Crippen molar-refractivity contribution in [1.29, 1.82) is 0 Å². The van der Waals surface area contributed by atoms with Gasteiger partial charge in [-0.25, -0.2) is 13.2 Å². The van der Waals surface area contributed by atoms with Gasteiger partial charge in [0.05, 0.1) is 4.90 Å². The van der Waals surface area contributed by atoms with Crippen molar-refractivity contribution in [3.05, 3.63) is 29.3 Å². The van der Waals surface area contributed by atoms with Gasteiger partial charge in [0.1, 0.15) is 0 Å². The highest BCUT2D eigenvalue weighted by Gasteiger charge is 2.38. The number of hydrogen-bond acceptors (Lipinski definition) is 5. The minimum Gasteiger partial charge on any atom is -0.475 e. The number of piperazine rings is 1. The second-order valence-electron chi connectivity index (χ2n) is 8.04. The third-order valence-corrected chi connectivity index (χ3v) is 7.31. The Hall–Kier alpha value is -2.18. The highest BCUT2D eigenvalue weighted by molar-refractivity contribution is 7.89. The standard InChI is InChI=1S/C20H33N3O3S.C2HF3O2/c1-4-5-6-12-23(13-9-20(24)22-14-10-21-11-15-22)27(25,26)19-8-7-17(2)18(3)16-19;3-2(4,5)1(6)7/h7-8,16,21H,4-6,9-15H2,1-3H3;(H,6,7). The highest BCUT2D eigenvalue weighted by Crippen LogP contribution is 2.20. The van der Waals surface area contributed by atoms with Gasteiger partial charge >= 0.3 is 12.1 Å². The number of carboxylic acids is 1. The summed E-state index contributed by atoms with van der Waals surface area (Å²) in [5, 5.41) is 10.3. The largest absolute Gasteiger partial charge is 0.490 e. The Morgan fingerprint density at radius 1 is 1.09 bits per heavy atom. The fourth-order valence-electron chi connectivity index (χ4n) is 3.21. The third-order valence-electron chi connectivity index (χ3n) is 5.41. The zero-order valence-corrected chi connectivity index (χ0v) is 20.6. The number of unbranched alkanes of at least 4 members (excludes halogenated alkanes) is 2. The molecule has 0 spiro atoms. The second kappa shape index (κ2) is 13.6. The van der Waals surface area contributed by atoms with Crippen LogP contribution in [0.1, 0.15) is 43.7 Å².